The number of hydrogen-bond donors (Lipinski definition) is 2. The fourth-order valence-electron chi connectivity index (χ4n) is 1.85. The number of nitrogens with zero attached hydrogens (tertiary/aromatic N) is 1. The third kappa shape index (κ3) is 3.00. The number of aliphatic hydroxyl groups excluding tert-OH is 1. The molecular formula is C13H11F3N2O2. The van der Waals surface area contributed by atoms with E-state index < -0.39 is 12.1 Å². The zero-order valence-electron chi connectivity index (χ0n) is 10.2. The minimum absolute atomic E-state index is 0.0229. The number of halogens is 3. The summed E-state index contributed by atoms with van der Waals surface area (Å²) in [4.78, 5) is 3.83. The molecular weight excluding hydrogens is 273 g/mol. The van der Waals surface area contributed by atoms with E-state index in [1.54, 1.807) is 6.07 Å². The molecule has 0 saturated heterocycles. The molecule has 0 aliphatic carbocycles. The Labute approximate surface area is 112 Å². The number of nitrogen functional groups attached to an aromatic ring is 1. The number of pyridine rings is 1. The number of para-hydroxylation sites is 1. The maximum atomic E-state index is 12.4. The van der Waals surface area contributed by atoms with Gasteiger partial charge in [0.15, 0.2) is 0 Å². The lowest BCUT2D eigenvalue weighted by Gasteiger charge is -2.16. The van der Waals surface area contributed by atoms with Crippen LogP contribution in [0.25, 0.3) is 11.1 Å². The number of aliphatic hydroxyl groups is 1. The van der Waals surface area contributed by atoms with E-state index in [1.165, 1.54) is 30.5 Å². The molecule has 4 nitrogen and oxygen atoms in total. The minimum Gasteiger partial charge on any atom is -0.405 e. The molecule has 1 aromatic carbocycles. The summed E-state index contributed by atoms with van der Waals surface area (Å²) in [5.41, 5.74) is 6.43. The van der Waals surface area contributed by atoms with E-state index in [9.17, 15) is 18.3 Å². The summed E-state index contributed by atoms with van der Waals surface area (Å²) in [6, 6.07) is 7.04. The molecule has 0 atom stereocenters. The Morgan fingerprint density at radius 3 is 2.55 bits per heavy atom. The fourth-order valence-corrected chi connectivity index (χ4v) is 1.85. The molecule has 20 heavy (non-hydrogen) atoms. The number of nitrogens with two attached hydrogens (primary N) is 1. The summed E-state index contributed by atoms with van der Waals surface area (Å²) >= 11 is 0. The van der Waals surface area contributed by atoms with Gasteiger partial charge in [0.2, 0.25) is 0 Å². The van der Waals surface area contributed by atoms with Crippen LogP contribution >= 0.6 is 0 Å². The Balaban J connectivity index is 2.59. The Bertz CT molecular complexity index is 615. The van der Waals surface area contributed by atoms with E-state index in [0.717, 1.165) is 0 Å². The fraction of sp³-hybridized carbons (Fsp3) is 0.154. The van der Waals surface area contributed by atoms with Crippen molar-refractivity contribution in [2.75, 3.05) is 5.73 Å². The molecule has 0 aliphatic rings. The maximum Gasteiger partial charge on any atom is 0.573 e. The highest BCUT2D eigenvalue weighted by atomic mass is 19.4. The molecule has 1 aromatic heterocycles. The lowest BCUT2D eigenvalue weighted by molar-refractivity contribution is -0.274. The quantitative estimate of drug-likeness (QED) is 0.909. The van der Waals surface area contributed by atoms with Crippen LogP contribution in [-0.4, -0.2) is 16.5 Å². The molecule has 1 heterocycles. The molecule has 0 fully saturated rings. The van der Waals surface area contributed by atoms with Gasteiger partial charge in [-0.1, -0.05) is 18.2 Å². The number of anilines is 1. The van der Waals surface area contributed by atoms with Crippen molar-refractivity contribution in [1.29, 1.82) is 0 Å². The van der Waals surface area contributed by atoms with Crippen molar-refractivity contribution < 1.29 is 23.0 Å². The Hall–Kier alpha value is -2.28. The van der Waals surface area contributed by atoms with Crippen molar-refractivity contribution in [2.45, 2.75) is 13.0 Å². The van der Waals surface area contributed by atoms with E-state index in [1.807, 2.05) is 0 Å². The van der Waals surface area contributed by atoms with E-state index in [4.69, 9.17) is 5.73 Å². The first-order chi connectivity index (χ1) is 9.42. The molecule has 106 valence electrons. The van der Waals surface area contributed by atoms with Gasteiger partial charge in [0.05, 0.1) is 6.61 Å². The average molecular weight is 284 g/mol. The third-order valence-electron chi connectivity index (χ3n) is 2.62. The van der Waals surface area contributed by atoms with Crippen LogP contribution in [0.15, 0.2) is 36.5 Å². The topological polar surface area (TPSA) is 68.4 Å². The Morgan fingerprint density at radius 2 is 1.90 bits per heavy atom. The number of alkyl halides is 3. The van der Waals surface area contributed by atoms with Crippen molar-refractivity contribution in [3.63, 3.8) is 0 Å². The zero-order valence-corrected chi connectivity index (χ0v) is 10.2. The van der Waals surface area contributed by atoms with Crippen LogP contribution in [0.3, 0.4) is 0 Å². The van der Waals surface area contributed by atoms with Crippen molar-refractivity contribution in [3.05, 3.63) is 42.1 Å². The summed E-state index contributed by atoms with van der Waals surface area (Å²) in [5, 5.41) is 9.28. The number of ether oxygens (including phenoxy) is 1. The number of aromatic nitrogens is 1. The molecule has 0 amide bonds. The lowest BCUT2D eigenvalue weighted by Crippen LogP contribution is -2.17. The highest BCUT2D eigenvalue weighted by Crippen LogP contribution is 2.37. The average Bonchev–Trinajstić information content (AvgIpc) is 2.37. The minimum atomic E-state index is -4.81. The summed E-state index contributed by atoms with van der Waals surface area (Å²) in [7, 11) is 0. The van der Waals surface area contributed by atoms with Gasteiger partial charge in [-0.05, 0) is 17.7 Å². The number of hydrogen-bond acceptors (Lipinski definition) is 4. The van der Waals surface area contributed by atoms with Crippen LogP contribution in [-0.2, 0) is 6.61 Å². The van der Waals surface area contributed by atoms with Gasteiger partial charge in [-0.25, -0.2) is 4.98 Å². The standard InChI is InChI=1S/C13H11F3N2O2/c14-13(15,16)20-10-4-2-1-3-9(10)11-8(7-19)5-6-18-12(11)17/h1-6,19H,7H2,(H2,17,18). The first-order valence-corrected chi connectivity index (χ1v) is 5.61. The molecule has 2 rings (SSSR count). The second-order valence-corrected chi connectivity index (χ2v) is 3.93. The summed E-state index contributed by atoms with van der Waals surface area (Å²) in [6.07, 6.45) is -3.44. The van der Waals surface area contributed by atoms with E-state index in [-0.39, 0.29) is 23.6 Å². The summed E-state index contributed by atoms with van der Waals surface area (Å²) in [6.45, 7) is -0.373. The van der Waals surface area contributed by atoms with Gasteiger partial charge in [0.1, 0.15) is 11.6 Å². The predicted molar refractivity (Wildman–Crippen MR) is 66.7 cm³/mol. The van der Waals surface area contributed by atoms with Crippen LogP contribution in [0.1, 0.15) is 5.56 Å². The van der Waals surface area contributed by atoms with Gasteiger partial charge in [0.25, 0.3) is 0 Å². The van der Waals surface area contributed by atoms with Crippen LogP contribution in [0, 0.1) is 0 Å². The van der Waals surface area contributed by atoms with Crippen LogP contribution in [0.4, 0.5) is 19.0 Å². The van der Waals surface area contributed by atoms with Crippen molar-refractivity contribution in [2.24, 2.45) is 0 Å². The second kappa shape index (κ2) is 5.38. The van der Waals surface area contributed by atoms with Crippen molar-refractivity contribution >= 4 is 5.82 Å². The zero-order chi connectivity index (χ0) is 14.8. The second-order valence-electron chi connectivity index (χ2n) is 3.93. The first kappa shape index (κ1) is 14.1. The molecule has 0 saturated carbocycles. The summed E-state index contributed by atoms with van der Waals surface area (Å²) in [5.74, 6) is -0.371. The van der Waals surface area contributed by atoms with Crippen LogP contribution in [0.2, 0.25) is 0 Å². The maximum absolute atomic E-state index is 12.4. The molecule has 2 aromatic rings. The Kier molecular flexibility index (Phi) is 3.80. The predicted octanol–water partition coefficient (Wildman–Crippen LogP) is 2.72. The van der Waals surface area contributed by atoms with Gasteiger partial charge in [-0.2, -0.15) is 0 Å². The van der Waals surface area contributed by atoms with Crippen LogP contribution < -0.4 is 10.5 Å². The molecule has 0 spiro atoms. The molecule has 0 bridgehead atoms. The molecule has 7 heteroatoms. The highest BCUT2D eigenvalue weighted by molar-refractivity contribution is 5.81. The Morgan fingerprint density at radius 1 is 1.20 bits per heavy atom. The van der Waals surface area contributed by atoms with Gasteiger partial charge in [-0.3, -0.25) is 0 Å². The smallest absolute Gasteiger partial charge is 0.405 e. The largest absolute Gasteiger partial charge is 0.573 e. The lowest BCUT2D eigenvalue weighted by atomic mass is 10.0. The molecule has 3 N–H and O–H groups in total. The van der Waals surface area contributed by atoms with Gasteiger partial charge >= 0.3 is 6.36 Å². The summed E-state index contributed by atoms with van der Waals surface area (Å²) < 4.78 is 41.2. The number of rotatable bonds is 3. The van der Waals surface area contributed by atoms with Crippen molar-refractivity contribution in [3.8, 4) is 16.9 Å². The molecule has 0 aliphatic heterocycles. The first-order valence-electron chi connectivity index (χ1n) is 5.61. The van der Waals surface area contributed by atoms with Gasteiger partial charge < -0.3 is 15.6 Å². The third-order valence-corrected chi connectivity index (χ3v) is 2.62. The SMILES string of the molecule is Nc1nccc(CO)c1-c1ccccc1OC(F)(F)F. The van der Waals surface area contributed by atoms with E-state index >= 15 is 0 Å². The van der Waals surface area contributed by atoms with Crippen LogP contribution in [0.5, 0.6) is 5.75 Å². The normalized spacial score (nSPS) is 11.4. The van der Waals surface area contributed by atoms with Gasteiger partial charge in [-0.15, -0.1) is 13.2 Å². The van der Waals surface area contributed by atoms with E-state index in [2.05, 4.69) is 9.72 Å². The highest BCUT2D eigenvalue weighted by Gasteiger charge is 2.32. The van der Waals surface area contributed by atoms with E-state index in [0.29, 0.717) is 5.56 Å². The van der Waals surface area contributed by atoms with Gasteiger partial charge in [0, 0.05) is 17.3 Å². The number of benzene rings is 1. The molecule has 0 unspecified atom stereocenters. The molecule has 0 radical (unpaired) electrons. The van der Waals surface area contributed by atoms with Crippen molar-refractivity contribution in [1.82, 2.24) is 4.98 Å². The monoisotopic (exact) mass is 284 g/mol.